The van der Waals surface area contributed by atoms with Gasteiger partial charge in [-0.25, -0.2) is 0 Å². The number of morpholine rings is 1. The maximum absolute atomic E-state index is 5.37. The SMILES string of the molecule is CNc1nc(Cc2ccncc2)nc(N2CCOCC2)n1. The van der Waals surface area contributed by atoms with E-state index in [1.165, 1.54) is 0 Å². The Kier molecular flexibility index (Phi) is 4.20. The zero-order valence-corrected chi connectivity index (χ0v) is 12.0. The Labute approximate surface area is 123 Å². The number of nitrogens with zero attached hydrogens (tertiary/aromatic N) is 5. The standard InChI is InChI=1S/C14H18N6O/c1-15-13-17-12(10-11-2-4-16-5-3-11)18-14(19-13)20-6-8-21-9-7-20/h2-5H,6-10H2,1H3,(H,15,17,18,19). The van der Waals surface area contributed by atoms with E-state index in [1.54, 1.807) is 12.4 Å². The number of hydrogen-bond donors (Lipinski definition) is 1. The number of pyridine rings is 1. The van der Waals surface area contributed by atoms with Crippen LogP contribution in [-0.4, -0.2) is 53.3 Å². The molecule has 2 aromatic heterocycles. The molecule has 0 atom stereocenters. The van der Waals surface area contributed by atoms with Crippen molar-refractivity contribution in [2.75, 3.05) is 43.6 Å². The van der Waals surface area contributed by atoms with Crippen molar-refractivity contribution in [1.29, 1.82) is 0 Å². The van der Waals surface area contributed by atoms with Crippen LogP contribution in [0.3, 0.4) is 0 Å². The lowest BCUT2D eigenvalue weighted by Crippen LogP contribution is -2.37. The van der Waals surface area contributed by atoms with Crippen molar-refractivity contribution in [3.63, 3.8) is 0 Å². The fourth-order valence-corrected chi connectivity index (χ4v) is 2.19. The molecule has 1 N–H and O–H groups in total. The van der Waals surface area contributed by atoms with Crippen molar-refractivity contribution in [2.45, 2.75) is 6.42 Å². The highest BCUT2D eigenvalue weighted by Crippen LogP contribution is 2.14. The van der Waals surface area contributed by atoms with Crippen molar-refractivity contribution in [3.05, 3.63) is 35.9 Å². The average Bonchev–Trinajstić information content (AvgIpc) is 2.56. The molecule has 0 saturated carbocycles. The van der Waals surface area contributed by atoms with E-state index in [0.29, 0.717) is 31.5 Å². The van der Waals surface area contributed by atoms with Crippen LogP contribution in [-0.2, 0) is 11.2 Å². The molecular formula is C14H18N6O. The predicted octanol–water partition coefficient (Wildman–Crippen LogP) is 0.736. The molecule has 0 aromatic carbocycles. The molecule has 110 valence electrons. The molecular weight excluding hydrogens is 268 g/mol. The van der Waals surface area contributed by atoms with Crippen LogP contribution >= 0.6 is 0 Å². The Morgan fingerprint density at radius 3 is 2.62 bits per heavy atom. The lowest BCUT2D eigenvalue weighted by atomic mass is 10.2. The maximum atomic E-state index is 5.37. The zero-order valence-electron chi connectivity index (χ0n) is 12.0. The second-order valence-corrected chi connectivity index (χ2v) is 4.76. The van der Waals surface area contributed by atoms with E-state index in [0.717, 1.165) is 24.5 Å². The van der Waals surface area contributed by atoms with Gasteiger partial charge < -0.3 is 15.0 Å². The van der Waals surface area contributed by atoms with E-state index in [4.69, 9.17) is 4.74 Å². The topological polar surface area (TPSA) is 76.1 Å². The molecule has 0 aliphatic carbocycles. The molecule has 0 spiro atoms. The van der Waals surface area contributed by atoms with Gasteiger partial charge in [-0.1, -0.05) is 0 Å². The monoisotopic (exact) mass is 286 g/mol. The first-order chi connectivity index (χ1) is 10.3. The third kappa shape index (κ3) is 3.43. The lowest BCUT2D eigenvalue weighted by molar-refractivity contribution is 0.122. The minimum absolute atomic E-state index is 0.593. The number of ether oxygens (including phenoxy) is 1. The Morgan fingerprint density at radius 2 is 1.90 bits per heavy atom. The quantitative estimate of drug-likeness (QED) is 0.888. The van der Waals surface area contributed by atoms with Crippen LogP contribution in [0.4, 0.5) is 11.9 Å². The van der Waals surface area contributed by atoms with Gasteiger partial charge in [0.2, 0.25) is 11.9 Å². The van der Waals surface area contributed by atoms with Gasteiger partial charge in [-0.2, -0.15) is 15.0 Å². The van der Waals surface area contributed by atoms with Gasteiger partial charge in [0.15, 0.2) is 0 Å². The third-order valence-electron chi connectivity index (χ3n) is 3.30. The van der Waals surface area contributed by atoms with Gasteiger partial charge in [0.25, 0.3) is 0 Å². The van der Waals surface area contributed by atoms with Crippen molar-refractivity contribution >= 4 is 11.9 Å². The van der Waals surface area contributed by atoms with Gasteiger partial charge >= 0.3 is 0 Å². The van der Waals surface area contributed by atoms with Crippen molar-refractivity contribution in [1.82, 2.24) is 19.9 Å². The van der Waals surface area contributed by atoms with Crippen molar-refractivity contribution in [3.8, 4) is 0 Å². The second-order valence-electron chi connectivity index (χ2n) is 4.76. The van der Waals surface area contributed by atoms with Crippen LogP contribution in [0.25, 0.3) is 0 Å². The minimum Gasteiger partial charge on any atom is -0.378 e. The molecule has 3 heterocycles. The highest BCUT2D eigenvalue weighted by atomic mass is 16.5. The molecule has 0 unspecified atom stereocenters. The van der Waals surface area contributed by atoms with E-state index in [9.17, 15) is 0 Å². The molecule has 1 fully saturated rings. The molecule has 1 aliphatic rings. The summed E-state index contributed by atoms with van der Waals surface area (Å²) in [7, 11) is 1.81. The molecule has 7 nitrogen and oxygen atoms in total. The molecule has 21 heavy (non-hydrogen) atoms. The molecule has 3 rings (SSSR count). The van der Waals surface area contributed by atoms with Gasteiger partial charge in [0.05, 0.1) is 13.2 Å². The highest BCUT2D eigenvalue weighted by molar-refractivity contribution is 5.37. The van der Waals surface area contributed by atoms with Gasteiger partial charge in [0.1, 0.15) is 5.82 Å². The largest absolute Gasteiger partial charge is 0.378 e. The van der Waals surface area contributed by atoms with Crippen LogP contribution in [0.15, 0.2) is 24.5 Å². The lowest BCUT2D eigenvalue weighted by Gasteiger charge is -2.27. The van der Waals surface area contributed by atoms with Crippen LogP contribution in [0.1, 0.15) is 11.4 Å². The molecule has 1 aliphatic heterocycles. The normalized spacial score (nSPS) is 15.0. The number of rotatable bonds is 4. The summed E-state index contributed by atoms with van der Waals surface area (Å²) < 4.78 is 5.37. The minimum atomic E-state index is 0.593. The molecule has 1 saturated heterocycles. The van der Waals surface area contributed by atoms with Crippen LogP contribution in [0, 0.1) is 0 Å². The fourth-order valence-electron chi connectivity index (χ4n) is 2.19. The Bertz CT molecular complexity index is 585. The second kappa shape index (κ2) is 6.45. The summed E-state index contributed by atoms with van der Waals surface area (Å²) in [6.45, 7) is 3.03. The van der Waals surface area contributed by atoms with Crippen LogP contribution in [0.2, 0.25) is 0 Å². The third-order valence-corrected chi connectivity index (χ3v) is 3.30. The summed E-state index contributed by atoms with van der Waals surface area (Å²) in [6.07, 6.45) is 4.22. The summed E-state index contributed by atoms with van der Waals surface area (Å²) in [4.78, 5) is 19.6. The Morgan fingerprint density at radius 1 is 1.14 bits per heavy atom. The van der Waals surface area contributed by atoms with Gasteiger partial charge in [-0.3, -0.25) is 4.98 Å². The van der Waals surface area contributed by atoms with E-state index in [2.05, 4.69) is 30.2 Å². The average molecular weight is 286 g/mol. The highest BCUT2D eigenvalue weighted by Gasteiger charge is 2.16. The molecule has 2 aromatic rings. The number of hydrogen-bond acceptors (Lipinski definition) is 7. The molecule has 0 bridgehead atoms. The van der Waals surface area contributed by atoms with Crippen molar-refractivity contribution in [2.24, 2.45) is 0 Å². The van der Waals surface area contributed by atoms with E-state index in [1.807, 2.05) is 19.2 Å². The Balaban J connectivity index is 1.85. The molecule has 0 radical (unpaired) electrons. The Hall–Kier alpha value is -2.28. The van der Waals surface area contributed by atoms with Gasteiger partial charge in [-0.05, 0) is 17.7 Å². The molecule has 7 heteroatoms. The summed E-state index contributed by atoms with van der Waals surface area (Å²) in [5.74, 6) is 2.05. The van der Waals surface area contributed by atoms with Crippen LogP contribution < -0.4 is 10.2 Å². The predicted molar refractivity (Wildman–Crippen MR) is 79.4 cm³/mol. The van der Waals surface area contributed by atoms with Crippen molar-refractivity contribution < 1.29 is 4.74 Å². The first-order valence-corrected chi connectivity index (χ1v) is 6.99. The van der Waals surface area contributed by atoms with E-state index in [-0.39, 0.29) is 0 Å². The first kappa shape index (κ1) is 13.7. The summed E-state index contributed by atoms with van der Waals surface area (Å²) in [6, 6.07) is 3.94. The summed E-state index contributed by atoms with van der Waals surface area (Å²) >= 11 is 0. The summed E-state index contributed by atoms with van der Waals surface area (Å²) in [5, 5.41) is 3.00. The number of anilines is 2. The van der Waals surface area contributed by atoms with Gasteiger partial charge in [0, 0.05) is 39.0 Å². The van der Waals surface area contributed by atoms with E-state index < -0.39 is 0 Å². The number of nitrogens with one attached hydrogen (secondary N) is 1. The smallest absolute Gasteiger partial charge is 0.230 e. The molecule has 0 amide bonds. The maximum Gasteiger partial charge on any atom is 0.230 e. The van der Waals surface area contributed by atoms with Crippen LogP contribution in [0.5, 0.6) is 0 Å². The zero-order chi connectivity index (χ0) is 14.5. The van der Waals surface area contributed by atoms with Gasteiger partial charge in [-0.15, -0.1) is 0 Å². The van der Waals surface area contributed by atoms with E-state index >= 15 is 0 Å². The summed E-state index contributed by atoms with van der Waals surface area (Å²) in [5.41, 5.74) is 1.13. The number of aromatic nitrogens is 4. The fraction of sp³-hybridized carbons (Fsp3) is 0.429. The first-order valence-electron chi connectivity index (χ1n) is 6.99.